The summed E-state index contributed by atoms with van der Waals surface area (Å²) in [6, 6.07) is 11.9. The molecule has 1 amide bonds. The number of para-hydroxylation sites is 1. The van der Waals surface area contributed by atoms with Crippen molar-refractivity contribution < 1.29 is 13.9 Å². The normalized spacial score (nSPS) is 11.2. The maximum atomic E-state index is 12.6. The van der Waals surface area contributed by atoms with Crippen LogP contribution in [0.5, 0.6) is 5.75 Å². The molecule has 0 saturated heterocycles. The lowest BCUT2D eigenvalue weighted by atomic mass is 10.00. The van der Waals surface area contributed by atoms with Gasteiger partial charge >= 0.3 is 5.63 Å². The number of amides is 1. The van der Waals surface area contributed by atoms with Gasteiger partial charge in [-0.15, -0.1) is 0 Å². The Labute approximate surface area is 180 Å². The second-order valence-corrected chi connectivity index (χ2v) is 7.72. The van der Waals surface area contributed by atoms with Crippen molar-refractivity contribution in [3.63, 3.8) is 0 Å². The predicted octanol–water partition coefficient (Wildman–Crippen LogP) is 4.19. The summed E-state index contributed by atoms with van der Waals surface area (Å²) in [7, 11) is 1.59. The Kier molecular flexibility index (Phi) is 5.80. The number of hydrogen-bond donors (Lipinski definition) is 2. The number of methoxy groups -OCH3 is 1. The summed E-state index contributed by atoms with van der Waals surface area (Å²) in [6.07, 6.45) is 3.31. The van der Waals surface area contributed by atoms with Crippen molar-refractivity contribution in [1.82, 2.24) is 10.3 Å². The Morgan fingerprint density at radius 1 is 1.06 bits per heavy atom. The fourth-order valence-electron chi connectivity index (χ4n) is 4.08. The van der Waals surface area contributed by atoms with Crippen molar-refractivity contribution in [2.75, 3.05) is 13.7 Å². The second kappa shape index (κ2) is 8.68. The van der Waals surface area contributed by atoms with Gasteiger partial charge < -0.3 is 19.5 Å². The Morgan fingerprint density at radius 2 is 1.87 bits per heavy atom. The molecule has 0 aliphatic carbocycles. The zero-order chi connectivity index (χ0) is 22.0. The third kappa shape index (κ3) is 4.06. The summed E-state index contributed by atoms with van der Waals surface area (Å²) in [6.45, 7) is 4.31. The highest BCUT2D eigenvalue weighted by atomic mass is 16.5. The molecule has 4 aromatic rings. The van der Waals surface area contributed by atoms with Gasteiger partial charge in [-0.3, -0.25) is 4.79 Å². The fourth-order valence-corrected chi connectivity index (χ4v) is 4.08. The number of carbonyl (C=O) groups excluding carboxylic acids is 1. The van der Waals surface area contributed by atoms with E-state index in [1.54, 1.807) is 7.11 Å². The molecule has 0 saturated carbocycles. The number of fused-ring (bicyclic) bond motifs is 2. The van der Waals surface area contributed by atoms with Crippen LogP contribution in [-0.4, -0.2) is 24.5 Å². The van der Waals surface area contributed by atoms with Crippen LogP contribution in [-0.2, 0) is 17.6 Å². The van der Waals surface area contributed by atoms with Gasteiger partial charge in [0.25, 0.3) is 0 Å². The number of H-pyrrole nitrogens is 1. The van der Waals surface area contributed by atoms with Crippen LogP contribution < -0.4 is 15.7 Å². The molecule has 2 aromatic carbocycles. The SMILES string of the molecule is COc1ccc2c(C)c(CCC(=O)NCCc3c[nH]c4ccccc34)c(=O)oc2c1C. The van der Waals surface area contributed by atoms with E-state index in [2.05, 4.69) is 16.4 Å². The third-order valence-electron chi connectivity index (χ3n) is 5.87. The summed E-state index contributed by atoms with van der Waals surface area (Å²) in [5, 5.41) is 5.00. The zero-order valence-corrected chi connectivity index (χ0v) is 18.0. The largest absolute Gasteiger partial charge is 0.496 e. The van der Waals surface area contributed by atoms with Crippen molar-refractivity contribution >= 4 is 27.8 Å². The lowest BCUT2D eigenvalue weighted by Gasteiger charge is -2.11. The molecule has 0 bridgehead atoms. The molecule has 0 aliphatic heterocycles. The van der Waals surface area contributed by atoms with Gasteiger partial charge in [0, 0.05) is 46.6 Å². The van der Waals surface area contributed by atoms with Crippen LogP contribution in [0.1, 0.15) is 28.7 Å². The highest BCUT2D eigenvalue weighted by molar-refractivity contribution is 5.86. The molecule has 4 rings (SSSR count). The van der Waals surface area contributed by atoms with Crippen LogP contribution in [0.3, 0.4) is 0 Å². The molecule has 2 heterocycles. The van der Waals surface area contributed by atoms with E-state index >= 15 is 0 Å². The first-order valence-electron chi connectivity index (χ1n) is 10.4. The molecule has 0 spiro atoms. The number of carbonyl (C=O) groups is 1. The van der Waals surface area contributed by atoms with Gasteiger partial charge in [-0.05, 0) is 56.0 Å². The Morgan fingerprint density at radius 3 is 2.68 bits per heavy atom. The highest BCUT2D eigenvalue weighted by Gasteiger charge is 2.16. The maximum absolute atomic E-state index is 12.6. The van der Waals surface area contributed by atoms with Crippen LogP contribution in [0.25, 0.3) is 21.9 Å². The summed E-state index contributed by atoms with van der Waals surface area (Å²) in [5.74, 6) is 0.599. The van der Waals surface area contributed by atoms with Gasteiger partial charge in [-0.2, -0.15) is 0 Å². The first kappa shape index (κ1) is 20.7. The Hall–Kier alpha value is -3.54. The van der Waals surface area contributed by atoms with Crippen molar-refractivity contribution in [3.8, 4) is 5.75 Å². The summed E-state index contributed by atoms with van der Waals surface area (Å²) < 4.78 is 10.9. The molecule has 0 aliphatic rings. The zero-order valence-electron chi connectivity index (χ0n) is 18.0. The number of rotatable bonds is 7. The van der Waals surface area contributed by atoms with Crippen molar-refractivity contribution in [1.29, 1.82) is 0 Å². The average Bonchev–Trinajstić information content (AvgIpc) is 3.17. The van der Waals surface area contributed by atoms with E-state index in [0.717, 1.165) is 28.5 Å². The third-order valence-corrected chi connectivity index (χ3v) is 5.87. The van der Waals surface area contributed by atoms with E-state index in [9.17, 15) is 9.59 Å². The lowest BCUT2D eigenvalue weighted by molar-refractivity contribution is -0.121. The number of nitrogens with one attached hydrogen (secondary N) is 2. The molecule has 2 N–H and O–H groups in total. The standard InChI is InChI=1S/C25H26N2O4/c1-15-18-8-10-22(30-3)16(2)24(18)31-25(29)19(15)9-11-23(28)26-13-12-17-14-27-21-7-5-4-6-20(17)21/h4-8,10,14,27H,9,11-13H2,1-3H3,(H,26,28). The minimum atomic E-state index is -0.395. The smallest absolute Gasteiger partial charge is 0.339 e. The Balaban J connectivity index is 1.40. The summed E-state index contributed by atoms with van der Waals surface area (Å²) in [5.41, 5.74) is 4.60. The summed E-state index contributed by atoms with van der Waals surface area (Å²) >= 11 is 0. The Bertz CT molecular complexity index is 1320. The van der Waals surface area contributed by atoms with Gasteiger partial charge in [-0.25, -0.2) is 4.79 Å². The molecule has 0 radical (unpaired) electrons. The van der Waals surface area contributed by atoms with Crippen LogP contribution in [0.15, 0.2) is 51.8 Å². The van der Waals surface area contributed by atoms with Crippen LogP contribution >= 0.6 is 0 Å². The van der Waals surface area contributed by atoms with E-state index in [4.69, 9.17) is 9.15 Å². The predicted molar refractivity (Wildman–Crippen MR) is 122 cm³/mol. The van der Waals surface area contributed by atoms with Gasteiger partial charge in [0.1, 0.15) is 11.3 Å². The molecular formula is C25H26N2O4. The first-order chi connectivity index (χ1) is 15.0. The van der Waals surface area contributed by atoms with Crippen LogP contribution in [0, 0.1) is 13.8 Å². The topological polar surface area (TPSA) is 84.3 Å². The molecule has 6 nitrogen and oxygen atoms in total. The molecule has 31 heavy (non-hydrogen) atoms. The minimum Gasteiger partial charge on any atom is -0.496 e. The van der Waals surface area contributed by atoms with E-state index in [-0.39, 0.29) is 12.3 Å². The first-order valence-corrected chi connectivity index (χ1v) is 10.4. The molecule has 2 aromatic heterocycles. The monoisotopic (exact) mass is 418 g/mol. The van der Waals surface area contributed by atoms with Gasteiger partial charge in [0.15, 0.2) is 0 Å². The molecule has 0 unspecified atom stereocenters. The lowest BCUT2D eigenvalue weighted by Crippen LogP contribution is -2.26. The quantitative estimate of drug-likeness (QED) is 0.441. The molecular weight excluding hydrogens is 392 g/mol. The fraction of sp³-hybridized carbons (Fsp3) is 0.280. The second-order valence-electron chi connectivity index (χ2n) is 7.72. The van der Waals surface area contributed by atoms with E-state index < -0.39 is 5.63 Å². The summed E-state index contributed by atoms with van der Waals surface area (Å²) in [4.78, 5) is 28.2. The number of benzene rings is 2. The van der Waals surface area contributed by atoms with E-state index in [1.807, 2.05) is 50.4 Å². The maximum Gasteiger partial charge on any atom is 0.339 e. The number of hydrogen-bond acceptors (Lipinski definition) is 4. The molecule has 160 valence electrons. The van der Waals surface area contributed by atoms with Crippen LogP contribution in [0.4, 0.5) is 0 Å². The van der Waals surface area contributed by atoms with E-state index in [1.165, 1.54) is 10.9 Å². The number of aryl methyl sites for hydroxylation is 2. The number of aromatic nitrogens is 1. The van der Waals surface area contributed by atoms with Crippen molar-refractivity contribution in [3.05, 3.63) is 75.3 Å². The molecule has 0 fully saturated rings. The molecule has 0 atom stereocenters. The number of aromatic amines is 1. The highest BCUT2D eigenvalue weighted by Crippen LogP contribution is 2.29. The van der Waals surface area contributed by atoms with Crippen molar-refractivity contribution in [2.45, 2.75) is 33.1 Å². The molecule has 6 heteroatoms. The van der Waals surface area contributed by atoms with Crippen LogP contribution in [0.2, 0.25) is 0 Å². The van der Waals surface area contributed by atoms with Gasteiger partial charge in [0.05, 0.1) is 7.11 Å². The average molecular weight is 418 g/mol. The minimum absolute atomic E-state index is 0.0790. The van der Waals surface area contributed by atoms with Crippen molar-refractivity contribution in [2.24, 2.45) is 0 Å². The van der Waals surface area contributed by atoms with Gasteiger partial charge in [0.2, 0.25) is 5.91 Å². The number of ether oxygens (including phenoxy) is 1. The van der Waals surface area contributed by atoms with E-state index in [0.29, 0.717) is 29.9 Å². The van der Waals surface area contributed by atoms with Gasteiger partial charge in [-0.1, -0.05) is 18.2 Å².